The van der Waals surface area contributed by atoms with Gasteiger partial charge in [0, 0.05) is 5.54 Å². The Morgan fingerprint density at radius 2 is 2.38 bits per heavy atom. The fraction of sp³-hybridized carbons (Fsp3) is 0.692. The van der Waals surface area contributed by atoms with Crippen molar-refractivity contribution in [1.82, 2.24) is 4.90 Å². The Bertz CT molecular complexity index is 319. The highest BCUT2D eigenvalue weighted by molar-refractivity contribution is 5.00. The second kappa shape index (κ2) is 4.60. The van der Waals surface area contributed by atoms with E-state index < -0.39 is 0 Å². The maximum atomic E-state index is 5.77. The molecule has 3 nitrogen and oxygen atoms in total. The van der Waals surface area contributed by atoms with Crippen LogP contribution in [0.4, 0.5) is 0 Å². The van der Waals surface area contributed by atoms with Crippen LogP contribution in [0.3, 0.4) is 0 Å². The number of piperidine rings is 1. The van der Waals surface area contributed by atoms with E-state index in [9.17, 15) is 0 Å². The molecule has 2 N–H and O–H groups in total. The van der Waals surface area contributed by atoms with Crippen molar-refractivity contribution in [3.05, 3.63) is 24.2 Å². The molecule has 0 amide bonds. The van der Waals surface area contributed by atoms with E-state index >= 15 is 0 Å². The minimum atomic E-state index is 0.231. The van der Waals surface area contributed by atoms with Crippen LogP contribution in [0.25, 0.3) is 0 Å². The summed E-state index contributed by atoms with van der Waals surface area (Å²) < 4.78 is 5.42. The first-order chi connectivity index (χ1) is 7.62. The lowest BCUT2D eigenvalue weighted by Gasteiger charge is -2.45. The Hall–Kier alpha value is -0.800. The van der Waals surface area contributed by atoms with E-state index in [1.54, 1.807) is 6.26 Å². The molecule has 3 heteroatoms. The summed E-state index contributed by atoms with van der Waals surface area (Å²) in [5.74, 6) is 1.74. The van der Waals surface area contributed by atoms with Crippen molar-refractivity contribution in [3.63, 3.8) is 0 Å². The van der Waals surface area contributed by atoms with Gasteiger partial charge in [-0.25, -0.2) is 0 Å². The molecule has 2 rings (SSSR count). The monoisotopic (exact) mass is 222 g/mol. The zero-order chi connectivity index (χ0) is 11.6. The van der Waals surface area contributed by atoms with E-state index in [0.29, 0.717) is 5.92 Å². The first-order valence-electron chi connectivity index (χ1n) is 6.09. The third-order valence-electron chi connectivity index (χ3n) is 3.71. The van der Waals surface area contributed by atoms with Gasteiger partial charge in [-0.05, 0) is 57.8 Å². The summed E-state index contributed by atoms with van der Waals surface area (Å²) in [5.41, 5.74) is 6.00. The Morgan fingerprint density at radius 1 is 1.56 bits per heavy atom. The molecule has 0 spiro atoms. The molecule has 0 aromatic carbocycles. The predicted octanol–water partition coefficient (Wildman–Crippen LogP) is 2.23. The van der Waals surface area contributed by atoms with Gasteiger partial charge in [-0.2, -0.15) is 0 Å². The molecular weight excluding hydrogens is 200 g/mol. The van der Waals surface area contributed by atoms with Gasteiger partial charge in [0.25, 0.3) is 0 Å². The van der Waals surface area contributed by atoms with Gasteiger partial charge in [0.05, 0.1) is 12.8 Å². The number of hydrogen-bond donors (Lipinski definition) is 1. The molecule has 1 unspecified atom stereocenters. The Morgan fingerprint density at radius 3 is 2.94 bits per heavy atom. The molecule has 1 atom stereocenters. The minimum absolute atomic E-state index is 0.231. The van der Waals surface area contributed by atoms with Crippen LogP contribution in [0.1, 0.15) is 32.4 Å². The van der Waals surface area contributed by atoms with Crippen LogP contribution in [-0.4, -0.2) is 23.5 Å². The lowest BCUT2D eigenvalue weighted by atomic mass is 9.82. The third-order valence-corrected chi connectivity index (χ3v) is 3.71. The van der Waals surface area contributed by atoms with Crippen molar-refractivity contribution in [2.24, 2.45) is 11.7 Å². The lowest BCUT2D eigenvalue weighted by Crippen LogP contribution is -2.50. The first-order valence-corrected chi connectivity index (χ1v) is 6.09. The molecule has 1 saturated heterocycles. The van der Waals surface area contributed by atoms with Gasteiger partial charge in [0.2, 0.25) is 0 Å². The first kappa shape index (κ1) is 11.7. The van der Waals surface area contributed by atoms with Crippen molar-refractivity contribution in [1.29, 1.82) is 0 Å². The van der Waals surface area contributed by atoms with Crippen LogP contribution < -0.4 is 5.73 Å². The van der Waals surface area contributed by atoms with Gasteiger partial charge in [-0.3, -0.25) is 4.90 Å². The van der Waals surface area contributed by atoms with Crippen LogP contribution in [0.2, 0.25) is 0 Å². The highest BCUT2D eigenvalue weighted by atomic mass is 16.3. The summed E-state index contributed by atoms with van der Waals surface area (Å²) in [4.78, 5) is 2.50. The maximum Gasteiger partial charge on any atom is 0.117 e. The van der Waals surface area contributed by atoms with Crippen molar-refractivity contribution in [3.8, 4) is 0 Å². The minimum Gasteiger partial charge on any atom is -0.468 e. The molecule has 0 saturated carbocycles. The summed E-state index contributed by atoms with van der Waals surface area (Å²) in [6, 6.07) is 4.00. The lowest BCUT2D eigenvalue weighted by molar-refractivity contribution is 0.0363. The largest absolute Gasteiger partial charge is 0.468 e. The van der Waals surface area contributed by atoms with Crippen LogP contribution in [0, 0.1) is 5.92 Å². The molecule has 2 heterocycles. The molecule has 0 aliphatic carbocycles. The Labute approximate surface area is 97.6 Å². The van der Waals surface area contributed by atoms with Crippen LogP contribution in [0.15, 0.2) is 22.8 Å². The van der Waals surface area contributed by atoms with Gasteiger partial charge < -0.3 is 10.2 Å². The normalized spacial score (nSPS) is 25.8. The van der Waals surface area contributed by atoms with E-state index in [1.165, 1.54) is 12.8 Å². The number of rotatable bonds is 3. The van der Waals surface area contributed by atoms with E-state index in [2.05, 4.69) is 18.7 Å². The van der Waals surface area contributed by atoms with E-state index in [-0.39, 0.29) is 5.54 Å². The van der Waals surface area contributed by atoms with E-state index in [1.807, 2.05) is 12.1 Å². The summed E-state index contributed by atoms with van der Waals surface area (Å²) in [6.45, 7) is 7.46. The molecule has 90 valence electrons. The molecular formula is C13H22N2O. The number of nitrogens with zero attached hydrogens (tertiary/aromatic N) is 1. The molecule has 1 aliphatic rings. The molecule has 0 radical (unpaired) electrons. The fourth-order valence-electron chi connectivity index (χ4n) is 2.66. The fourth-order valence-corrected chi connectivity index (χ4v) is 2.66. The molecule has 1 aliphatic heterocycles. The molecule has 0 bridgehead atoms. The molecule has 1 aromatic heterocycles. The average molecular weight is 222 g/mol. The van der Waals surface area contributed by atoms with Gasteiger partial charge in [-0.1, -0.05) is 0 Å². The number of likely N-dealkylation sites (tertiary alicyclic amines) is 1. The van der Waals surface area contributed by atoms with Crippen molar-refractivity contribution in [2.45, 2.75) is 38.8 Å². The zero-order valence-electron chi connectivity index (χ0n) is 10.3. The topological polar surface area (TPSA) is 42.4 Å². The average Bonchev–Trinajstić information content (AvgIpc) is 2.73. The number of nitrogens with two attached hydrogens (primary N) is 1. The molecule has 1 fully saturated rings. The van der Waals surface area contributed by atoms with Crippen LogP contribution >= 0.6 is 0 Å². The van der Waals surface area contributed by atoms with Crippen molar-refractivity contribution in [2.75, 3.05) is 13.1 Å². The quantitative estimate of drug-likeness (QED) is 0.852. The zero-order valence-corrected chi connectivity index (χ0v) is 10.3. The second-order valence-electron chi connectivity index (χ2n) is 5.41. The summed E-state index contributed by atoms with van der Waals surface area (Å²) in [7, 11) is 0. The Kier molecular flexibility index (Phi) is 3.36. The summed E-state index contributed by atoms with van der Waals surface area (Å²) in [6.07, 6.45) is 4.14. The van der Waals surface area contributed by atoms with Gasteiger partial charge in [-0.15, -0.1) is 0 Å². The van der Waals surface area contributed by atoms with Crippen molar-refractivity contribution < 1.29 is 4.42 Å². The second-order valence-corrected chi connectivity index (χ2v) is 5.41. The Balaban J connectivity index is 2.00. The summed E-state index contributed by atoms with van der Waals surface area (Å²) in [5, 5.41) is 0. The maximum absolute atomic E-state index is 5.77. The number of furan rings is 1. The van der Waals surface area contributed by atoms with E-state index in [0.717, 1.165) is 25.4 Å². The molecule has 16 heavy (non-hydrogen) atoms. The number of hydrogen-bond acceptors (Lipinski definition) is 3. The van der Waals surface area contributed by atoms with Gasteiger partial charge in [0.15, 0.2) is 0 Å². The molecule has 1 aromatic rings. The van der Waals surface area contributed by atoms with Crippen LogP contribution in [-0.2, 0) is 6.54 Å². The highest BCUT2D eigenvalue weighted by Gasteiger charge is 2.34. The predicted molar refractivity (Wildman–Crippen MR) is 65.0 cm³/mol. The SMILES string of the molecule is CC1(C)CC(CN)CCN1Cc1ccco1. The highest BCUT2D eigenvalue weighted by Crippen LogP contribution is 2.32. The van der Waals surface area contributed by atoms with Crippen LogP contribution in [0.5, 0.6) is 0 Å². The van der Waals surface area contributed by atoms with Gasteiger partial charge in [0.1, 0.15) is 5.76 Å². The smallest absolute Gasteiger partial charge is 0.117 e. The third kappa shape index (κ3) is 2.47. The standard InChI is InChI=1S/C13H22N2O/c1-13(2)8-11(9-14)5-6-15(13)10-12-4-3-7-16-12/h3-4,7,11H,5-6,8-10,14H2,1-2H3. The van der Waals surface area contributed by atoms with E-state index in [4.69, 9.17) is 10.2 Å². The summed E-state index contributed by atoms with van der Waals surface area (Å²) >= 11 is 0. The van der Waals surface area contributed by atoms with Gasteiger partial charge >= 0.3 is 0 Å². The van der Waals surface area contributed by atoms with Crippen molar-refractivity contribution >= 4 is 0 Å².